The van der Waals surface area contributed by atoms with Crippen LogP contribution < -0.4 is 10.1 Å². The molecule has 0 unspecified atom stereocenters. The van der Waals surface area contributed by atoms with E-state index in [2.05, 4.69) is 31.2 Å². The molecule has 0 atom stereocenters. The van der Waals surface area contributed by atoms with Crippen molar-refractivity contribution in [3.8, 4) is 5.88 Å². The van der Waals surface area contributed by atoms with Crippen molar-refractivity contribution in [2.24, 2.45) is 0 Å². The smallest absolute Gasteiger partial charge is 0.225 e. The van der Waals surface area contributed by atoms with Crippen LogP contribution in [-0.2, 0) is 6.61 Å². The lowest BCUT2D eigenvalue weighted by Gasteiger charge is -2.08. The molecule has 5 heteroatoms. The average Bonchev–Trinajstić information content (AvgIpc) is 2.37. The summed E-state index contributed by atoms with van der Waals surface area (Å²) in [6.07, 6.45) is 0. The third kappa shape index (κ3) is 3.20. The zero-order chi connectivity index (χ0) is 13.0. The SMILES string of the molecule is CNc1nc(C)cc(OCc2ccccc2Br)n1. The first-order chi connectivity index (χ1) is 8.69. The summed E-state index contributed by atoms with van der Waals surface area (Å²) in [5, 5.41) is 2.91. The molecule has 94 valence electrons. The Hall–Kier alpha value is -1.62. The number of anilines is 1. The Bertz CT molecular complexity index is 546. The minimum atomic E-state index is 0.473. The van der Waals surface area contributed by atoms with Crippen molar-refractivity contribution in [2.45, 2.75) is 13.5 Å². The van der Waals surface area contributed by atoms with Crippen molar-refractivity contribution in [3.05, 3.63) is 46.1 Å². The van der Waals surface area contributed by atoms with Crippen molar-refractivity contribution in [2.75, 3.05) is 12.4 Å². The molecule has 1 aromatic heterocycles. The largest absolute Gasteiger partial charge is 0.473 e. The lowest BCUT2D eigenvalue weighted by atomic mass is 10.2. The number of ether oxygens (including phenoxy) is 1. The van der Waals surface area contributed by atoms with E-state index in [0.29, 0.717) is 18.4 Å². The first-order valence-corrected chi connectivity index (χ1v) is 6.38. The van der Waals surface area contributed by atoms with Crippen LogP contribution in [0.5, 0.6) is 5.88 Å². The molecule has 0 aliphatic carbocycles. The van der Waals surface area contributed by atoms with E-state index in [0.717, 1.165) is 15.7 Å². The van der Waals surface area contributed by atoms with Crippen LogP contribution in [0.2, 0.25) is 0 Å². The van der Waals surface area contributed by atoms with Gasteiger partial charge in [0.25, 0.3) is 0 Å². The molecule has 1 heterocycles. The van der Waals surface area contributed by atoms with Crippen molar-refractivity contribution >= 4 is 21.9 Å². The number of rotatable bonds is 4. The van der Waals surface area contributed by atoms with Crippen LogP contribution >= 0.6 is 15.9 Å². The van der Waals surface area contributed by atoms with Gasteiger partial charge in [-0.2, -0.15) is 4.98 Å². The van der Waals surface area contributed by atoms with Gasteiger partial charge in [-0.15, -0.1) is 0 Å². The second-order valence-corrected chi connectivity index (χ2v) is 4.66. The number of halogens is 1. The summed E-state index contributed by atoms with van der Waals surface area (Å²) in [4.78, 5) is 8.45. The van der Waals surface area contributed by atoms with E-state index in [1.54, 1.807) is 7.05 Å². The lowest BCUT2D eigenvalue weighted by Crippen LogP contribution is -2.03. The van der Waals surface area contributed by atoms with Crippen LogP contribution in [0.3, 0.4) is 0 Å². The van der Waals surface area contributed by atoms with Gasteiger partial charge >= 0.3 is 0 Å². The van der Waals surface area contributed by atoms with Crippen LogP contribution in [0.15, 0.2) is 34.8 Å². The second kappa shape index (κ2) is 5.82. The van der Waals surface area contributed by atoms with Gasteiger partial charge in [0.2, 0.25) is 11.8 Å². The van der Waals surface area contributed by atoms with Gasteiger partial charge in [0, 0.05) is 28.8 Å². The number of benzene rings is 1. The molecule has 0 fully saturated rings. The van der Waals surface area contributed by atoms with Gasteiger partial charge in [0.15, 0.2) is 0 Å². The van der Waals surface area contributed by atoms with E-state index < -0.39 is 0 Å². The molecule has 0 amide bonds. The highest BCUT2D eigenvalue weighted by Crippen LogP contribution is 2.19. The van der Waals surface area contributed by atoms with Gasteiger partial charge in [-0.05, 0) is 13.0 Å². The average molecular weight is 308 g/mol. The summed E-state index contributed by atoms with van der Waals surface area (Å²) in [5.74, 6) is 1.14. The van der Waals surface area contributed by atoms with E-state index in [1.807, 2.05) is 37.3 Å². The first-order valence-electron chi connectivity index (χ1n) is 5.58. The minimum absolute atomic E-state index is 0.473. The lowest BCUT2D eigenvalue weighted by molar-refractivity contribution is 0.293. The summed E-state index contributed by atoms with van der Waals surface area (Å²) in [7, 11) is 1.78. The van der Waals surface area contributed by atoms with Crippen molar-refractivity contribution < 1.29 is 4.74 Å². The number of aromatic nitrogens is 2. The third-order valence-corrected chi connectivity index (χ3v) is 3.16. The molecule has 0 saturated heterocycles. The van der Waals surface area contributed by atoms with Crippen LogP contribution in [-0.4, -0.2) is 17.0 Å². The monoisotopic (exact) mass is 307 g/mol. The standard InChI is InChI=1S/C13H14BrN3O/c1-9-7-12(17-13(15-2)16-9)18-8-10-5-3-4-6-11(10)14/h3-7H,8H2,1-2H3,(H,15,16,17). The molecular formula is C13H14BrN3O. The number of aryl methyl sites for hydroxylation is 1. The van der Waals surface area contributed by atoms with Crippen molar-refractivity contribution in [3.63, 3.8) is 0 Å². The molecule has 2 rings (SSSR count). The minimum Gasteiger partial charge on any atom is -0.473 e. The maximum atomic E-state index is 5.68. The van der Waals surface area contributed by atoms with Crippen LogP contribution in [0, 0.1) is 6.92 Å². The van der Waals surface area contributed by atoms with Crippen molar-refractivity contribution in [1.82, 2.24) is 9.97 Å². The number of hydrogen-bond acceptors (Lipinski definition) is 4. The molecule has 0 aliphatic heterocycles. The van der Waals surface area contributed by atoms with E-state index in [9.17, 15) is 0 Å². The summed E-state index contributed by atoms with van der Waals surface area (Å²) in [5.41, 5.74) is 1.95. The Balaban J connectivity index is 2.11. The van der Waals surface area contributed by atoms with Gasteiger partial charge < -0.3 is 10.1 Å². The zero-order valence-corrected chi connectivity index (χ0v) is 11.9. The molecule has 1 aromatic carbocycles. The Morgan fingerprint density at radius 2 is 2.06 bits per heavy atom. The van der Waals surface area contributed by atoms with E-state index >= 15 is 0 Å². The van der Waals surface area contributed by atoms with Gasteiger partial charge in [0.05, 0.1) is 0 Å². The fourth-order valence-corrected chi connectivity index (χ4v) is 1.89. The molecule has 0 bridgehead atoms. The topological polar surface area (TPSA) is 47.0 Å². The summed E-state index contributed by atoms with van der Waals surface area (Å²) in [6, 6.07) is 9.77. The molecule has 0 radical (unpaired) electrons. The van der Waals surface area contributed by atoms with E-state index in [-0.39, 0.29) is 0 Å². The highest BCUT2D eigenvalue weighted by molar-refractivity contribution is 9.10. The first kappa shape index (κ1) is 12.8. The second-order valence-electron chi connectivity index (χ2n) is 3.80. The molecule has 1 N–H and O–H groups in total. The normalized spacial score (nSPS) is 10.2. The third-order valence-electron chi connectivity index (χ3n) is 2.39. The van der Waals surface area contributed by atoms with Crippen LogP contribution in [0.25, 0.3) is 0 Å². The molecule has 0 aliphatic rings. The van der Waals surface area contributed by atoms with Gasteiger partial charge in [0.1, 0.15) is 6.61 Å². The maximum Gasteiger partial charge on any atom is 0.225 e. The number of nitrogens with zero attached hydrogens (tertiary/aromatic N) is 2. The van der Waals surface area contributed by atoms with Gasteiger partial charge in [-0.1, -0.05) is 34.1 Å². The fourth-order valence-electron chi connectivity index (χ4n) is 1.49. The Labute approximate surface area is 115 Å². The highest BCUT2D eigenvalue weighted by Gasteiger charge is 2.04. The maximum absolute atomic E-state index is 5.68. The van der Waals surface area contributed by atoms with E-state index in [1.165, 1.54) is 0 Å². The Kier molecular flexibility index (Phi) is 4.15. The quantitative estimate of drug-likeness (QED) is 0.942. The van der Waals surface area contributed by atoms with Crippen LogP contribution in [0.4, 0.5) is 5.95 Å². The summed E-state index contributed by atoms with van der Waals surface area (Å²) >= 11 is 3.49. The van der Waals surface area contributed by atoms with E-state index in [4.69, 9.17) is 4.74 Å². The number of hydrogen-bond donors (Lipinski definition) is 1. The van der Waals surface area contributed by atoms with Crippen LogP contribution in [0.1, 0.15) is 11.3 Å². The molecule has 0 spiro atoms. The molecule has 2 aromatic rings. The molecule has 4 nitrogen and oxygen atoms in total. The van der Waals surface area contributed by atoms with Gasteiger partial charge in [-0.25, -0.2) is 4.98 Å². The summed E-state index contributed by atoms with van der Waals surface area (Å²) < 4.78 is 6.71. The van der Waals surface area contributed by atoms with Crippen molar-refractivity contribution in [1.29, 1.82) is 0 Å². The van der Waals surface area contributed by atoms with Gasteiger partial charge in [-0.3, -0.25) is 0 Å². The highest BCUT2D eigenvalue weighted by atomic mass is 79.9. The zero-order valence-electron chi connectivity index (χ0n) is 10.3. The number of nitrogens with one attached hydrogen (secondary N) is 1. The Morgan fingerprint density at radius 1 is 1.28 bits per heavy atom. The molecule has 18 heavy (non-hydrogen) atoms. The Morgan fingerprint density at radius 3 is 2.78 bits per heavy atom. The molecular weight excluding hydrogens is 294 g/mol. The fraction of sp³-hybridized carbons (Fsp3) is 0.231. The molecule has 0 saturated carbocycles. The predicted molar refractivity (Wildman–Crippen MR) is 74.8 cm³/mol. The predicted octanol–water partition coefficient (Wildman–Crippen LogP) is 3.17. The summed E-state index contributed by atoms with van der Waals surface area (Å²) in [6.45, 7) is 2.38.